The maximum absolute atomic E-state index is 14.1. The minimum atomic E-state index is -0.316. The Hall–Kier alpha value is -3.03. The van der Waals surface area contributed by atoms with Gasteiger partial charge in [0.1, 0.15) is 0 Å². The van der Waals surface area contributed by atoms with E-state index in [2.05, 4.69) is 13.8 Å². The lowest BCUT2D eigenvalue weighted by molar-refractivity contribution is 0.0986. The van der Waals surface area contributed by atoms with Crippen molar-refractivity contribution in [2.24, 2.45) is 0 Å². The number of anilines is 1. The van der Waals surface area contributed by atoms with Gasteiger partial charge < -0.3 is 9.80 Å². The molecule has 0 spiro atoms. The number of amides is 3. The molecule has 38 heavy (non-hydrogen) atoms. The molecule has 0 aliphatic carbocycles. The highest BCUT2D eigenvalue weighted by Crippen LogP contribution is 2.56. The van der Waals surface area contributed by atoms with E-state index in [0.29, 0.717) is 22.3 Å². The van der Waals surface area contributed by atoms with Crippen LogP contribution in [-0.2, 0) is 6.54 Å². The van der Waals surface area contributed by atoms with Gasteiger partial charge in [-0.15, -0.1) is 0 Å². The molecular weight excluding hydrogens is 521 g/mol. The van der Waals surface area contributed by atoms with E-state index in [1.807, 2.05) is 51.7 Å². The largest absolute Gasteiger partial charge is 0.331 e. The minimum Gasteiger partial charge on any atom is -0.331 e. The van der Waals surface area contributed by atoms with E-state index in [9.17, 15) is 9.59 Å². The summed E-state index contributed by atoms with van der Waals surface area (Å²) in [6, 6.07) is 9.40. The van der Waals surface area contributed by atoms with E-state index < -0.39 is 0 Å². The second-order valence-corrected chi connectivity index (χ2v) is 11.9. The van der Waals surface area contributed by atoms with Crippen LogP contribution < -0.4 is 4.90 Å². The maximum atomic E-state index is 14.1. The Bertz CT molecular complexity index is 1490. The molecule has 6 rings (SSSR count). The average molecular weight is 553 g/mol. The normalized spacial score (nSPS) is 19.5. The summed E-state index contributed by atoms with van der Waals surface area (Å²) >= 11 is 13.2. The van der Waals surface area contributed by atoms with Gasteiger partial charge in [-0.05, 0) is 60.6 Å². The maximum Gasteiger partial charge on any atom is 0.319 e. The van der Waals surface area contributed by atoms with E-state index in [0.717, 1.165) is 58.6 Å². The number of aryl methyl sites for hydroxylation is 1. The van der Waals surface area contributed by atoms with Gasteiger partial charge in [0.2, 0.25) is 0 Å². The smallest absolute Gasteiger partial charge is 0.319 e. The molecule has 0 saturated carbocycles. The van der Waals surface area contributed by atoms with Crippen LogP contribution in [0.25, 0.3) is 11.1 Å². The fraction of sp³-hybridized carbons (Fsp3) is 0.414. The number of halogens is 2. The lowest BCUT2D eigenvalue weighted by atomic mass is 9.84. The number of rotatable bonds is 3. The van der Waals surface area contributed by atoms with Gasteiger partial charge in [0.25, 0.3) is 5.91 Å². The van der Waals surface area contributed by atoms with Gasteiger partial charge in [-0.2, -0.15) is 5.10 Å². The number of nitrogens with zero attached hydrogens (tertiary/aromatic N) is 5. The van der Waals surface area contributed by atoms with Crippen molar-refractivity contribution in [3.8, 4) is 11.1 Å². The predicted octanol–water partition coefficient (Wildman–Crippen LogP) is 6.50. The summed E-state index contributed by atoms with van der Waals surface area (Å²) in [6.07, 6.45) is 1.88. The highest BCUT2D eigenvalue weighted by atomic mass is 35.5. The number of urea groups is 1. The highest BCUT2D eigenvalue weighted by molar-refractivity contribution is 6.35. The third kappa shape index (κ3) is 3.58. The number of fused-ring (bicyclic) bond motifs is 8. The van der Waals surface area contributed by atoms with Crippen molar-refractivity contribution in [2.45, 2.75) is 58.2 Å². The molecule has 198 valence electrons. The Morgan fingerprint density at radius 2 is 1.95 bits per heavy atom. The molecule has 4 heterocycles. The Morgan fingerprint density at radius 3 is 2.66 bits per heavy atom. The quantitative estimate of drug-likeness (QED) is 0.373. The number of carbonyl (C=O) groups excluding carboxylic acids is 2. The van der Waals surface area contributed by atoms with Gasteiger partial charge in [0, 0.05) is 42.5 Å². The highest BCUT2D eigenvalue weighted by Gasteiger charge is 2.49. The number of carbonyl (C=O) groups is 2. The summed E-state index contributed by atoms with van der Waals surface area (Å²) in [6.45, 7) is 7.58. The second-order valence-electron chi connectivity index (χ2n) is 11.0. The molecule has 1 aromatic heterocycles. The summed E-state index contributed by atoms with van der Waals surface area (Å²) in [5.41, 5.74) is 7.03. The first kappa shape index (κ1) is 25.3. The van der Waals surface area contributed by atoms with Crippen LogP contribution in [0.5, 0.6) is 0 Å². The molecular formula is C29H31Cl2N5O2. The van der Waals surface area contributed by atoms with Crippen LogP contribution in [0.2, 0.25) is 10.0 Å². The zero-order chi connectivity index (χ0) is 27.0. The lowest BCUT2D eigenvalue weighted by Gasteiger charge is -2.37. The Balaban J connectivity index is 1.52. The van der Waals surface area contributed by atoms with Crippen molar-refractivity contribution in [2.75, 3.05) is 25.5 Å². The third-order valence-electron chi connectivity index (χ3n) is 8.07. The first-order valence-corrected chi connectivity index (χ1v) is 13.9. The molecule has 9 heteroatoms. The zero-order valence-corrected chi connectivity index (χ0v) is 23.8. The molecule has 0 radical (unpaired) electrons. The van der Waals surface area contributed by atoms with Crippen LogP contribution in [0.1, 0.15) is 71.5 Å². The number of hydrogen-bond donors (Lipinski definition) is 0. The number of hydrogen-bond acceptors (Lipinski definition) is 3. The summed E-state index contributed by atoms with van der Waals surface area (Å²) in [4.78, 5) is 32.4. The van der Waals surface area contributed by atoms with E-state index >= 15 is 0 Å². The predicted molar refractivity (Wildman–Crippen MR) is 150 cm³/mol. The molecule has 2 aromatic carbocycles. The molecule has 2 unspecified atom stereocenters. The molecule has 0 N–H and O–H groups in total. The average Bonchev–Trinajstić information content (AvgIpc) is 3.55. The van der Waals surface area contributed by atoms with Crippen LogP contribution >= 0.6 is 23.2 Å². The first-order chi connectivity index (χ1) is 18.1. The second kappa shape index (κ2) is 9.02. The SMILES string of the molecule is Cc1ccc(Cl)c2c1N1C(=O)c3nn(CC4CCCN4C(=O)N(C)C)c(C(C)C)c3C1c1ccc(Cl)cc1-2. The van der Waals surface area contributed by atoms with Crippen LogP contribution in [0.3, 0.4) is 0 Å². The zero-order valence-electron chi connectivity index (χ0n) is 22.3. The minimum absolute atomic E-state index is 0.0163. The van der Waals surface area contributed by atoms with Gasteiger partial charge in [-0.3, -0.25) is 14.4 Å². The molecule has 3 amide bonds. The van der Waals surface area contributed by atoms with Crippen molar-refractivity contribution >= 4 is 40.8 Å². The molecule has 7 nitrogen and oxygen atoms in total. The first-order valence-electron chi connectivity index (χ1n) is 13.1. The van der Waals surface area contributed by atoms with E-state index in [-0.39, 0.29) is 29.9 Å². The summed E-state index contributed by atoms with van der Waals surface area (Å²) < 4.78 is 1.99. The third-order valence-corrected chi connectivity index (χ3v) is 8.62. The number of benzene rings is 2. The standard InChI is InChI=1S/C29H31Cl2N5O2/c1-15(2)25-23-24(32-35(25)14-18-7-6-12-34(18)29(38)33(4)5)28(37)36-26-16(3)8-11-21(31)22(26)20-13-17(30)9-10-19(20)27(23)36/h8-11,13,15,18,27H,6-7,12,14H2,1-5H3. The van der Waals surface area contributed by atoms with Gasteiger partial charge in [0.05, 0.1) is 29.3 Å². The van der Waals surface area contributed by atoms with Gasteiger partial charge in [-0.25, -0.2) is 4.79 Å². The summed E-state index contributed by atoms with van der Waals surface area (Å²) in [7, 11) is 3.57. The van der Waals surface area contributed by atoms with Crippen molar-refractivity contribution in [1.29, 1.82) is 0 Å². The Kier molecular flexibility index (Phi) is 6.00. The van der Waals surface area contributed by atoms with E-state index in [4.69, 9.17) is 28.3 Å². The fourth-order valence-corrected chi connectivity index (χ4v) is 6.93. The monoisotopic (exact) mass is 551 g/mol. The molecule has 3 aromatic rings. The topological polar surface area (TPSA) is 61.7 Å². The van der Waals surface area contributed by atoms with Crippen molar-refractivity contribution in [1.82, 2.24) is 19.6 Å². The molecule has 2 atom stereocenters. The molecule has 3 aliphatic rings. The van der Waals surface area contributed by atoms with E-state index in [1.165, 1.54) is 0 Å². The van der Waals surface area contributed by atoms with Crippen molar-refractivity contribution in [3.05, 3.63) is 68.5 Å². The van der Waals surface area contributed by atoms with Crippen LogP contribution in [0, 0.1) is 6.92 Å². The summed E-state index contributed by atoms with van der Waals surface area (Å²) in [5, 5.41) is 6.16. The Labute approximate surface area is 232 Å². The lowest BCUT2D eigenvalue weighted by Crippen LogP contribution is -2.44. The van der Waals surface area contributed by atoms with Crippen molar-refractivity contribution in [3.63, 3.8) is 0 Å². The molecule has 3 aliphatic heterocycles. The summed E-state index contributed by atoms with van der Waals surface area (Å²) in [5.74, 6) is 0.00141. The number of likely N-dealkylation sites (tertiary alicyclic amines) is 1. The van der Waals surface area contributed by atoms with Gasteiger partial charge in [-0.1, -0.05) is 49.2 Å². The van der Waals surface area contributed by atoms with Crippen LogP contribution in [0.15, 0.2) is 30.3 Å². The Morgan fingerprint density at radius 1 is 1.18 bits per heavy atom. The molecule has 1 fully saturated rings. The molecule has 1 saturated heterocycles. The van der Waals surface area contributed by atoms with Gasteiger partial charge >= 0.3 is 6.03 Å². The van der Waals surface area contributed by atoms with Crippen LogP contribution in [-0.4, -0.2) is 58.2 Å². The van der Waals surface area contributed by atoms with E-state index in [1.54, 1.807) is 19.0 Å². The van der Waals surface area contributed by atoms with Gasteiger partial charge in [0.15, 0.2) is 5.69 Å². The fourth-order valence-electron chi connectivity index (χ4n) is 6.50. The van der Waals surface area contributed by atoms with Crippen LogP contribution in [0.4, 0.5) is 10.5 Å². The number of aromatic nitrogens is 2. The molecule has 0 bridgehead atoms. The van der Waals surface area contributed by atoms with Crippen molar-refractivity contribution < 1.29 is 9.59 Å².